The lowest BCUT2D eigenvalue weighted by Crippen LogP contribution is -1.99. The zero-order valence-electron chi connectivity index (χ0n) is 12.7. The monoisotopic (exact) mass is 345 g/mol. The number of carboxylic acid groups (broad SMARTS) is 1. The van der Waals surface area contributed by atoms with Crippen LogP contribution in [-0.4, -0.2) is 16.1 Å². The molecule has 0 saturated carbocycles. The number of aliphatic carboxylic acids is 1. The topological polar surface area (TPSA) is 50.2 Å². The predicted molar refractivity (Wildman–Crippen MR) is 89.0 cm³/mol. The summed E-state index contributed by atoms with van der Waals surface area (Å²) in [4.78, 5) is 16.1. The zero-order valence-corrected chi connectivity index (χ0v) is 13.5. The van der Waals surface area contributed by atoms with Gasteiger partial charge >= 0.3 is 5.97 Å². The molecule has 3 nitrogen and oxygen atoms in total. The van der Waals surface area contributed by atoms with E-state index in [1.807, 2.05) is 0 Å². The Morgan fingerprint density at radius 2 is 1.79 bits per heavy atom. The molecule has 0 amide bonds. The minimum atomic E-state index is -0.988. The number of halogens is 2. The summed E-state index contributed by atoms with van der Waals surface area (Å²) in [5.41, 5.74) is 2.17. The SMILES string of the molecule is Cc1ccc(-c2nc(-c3ccc(F)cc3)sc2CC(=O)O)cc1F. The van der Waals surface area contributed by atoms with Crippen molar-refractivity contribution in [2.75, 3.05) is 0 Å². The van der Waals surface area contributed by atoms with E-state index in [0.29, 0.717) is 32.3 Å². The number of rotatable bonds is 4. The van der Waals surface area contributed by atoms with Crippen molar-refractivity contribution in [3.05, 3.63) is 64.5 Å². The number of thiazole rings is 1. The van der Waals surface area contributed by atoms with Gasteiger partial charge in [0, 0.05) is 16.0 Å². The van der Waals surface area contributed by atoms with Gasteiger partial charge in [-0.2, -0.15) is 0 Å². The lowest BCUT2D eigenvalue weighted by Gasteiger charge is -2.02. The molecule has 0 aliphatic carbocycles. The highest BCUT2D eigenvalue weighted by atomic mass is 32.1. The van der Waals surface area contributed by atoms with Gasteiger partial charge < -0.3 is 5.11 Å². The lowest BCUT2D eigenvalue weighted by molar-refractivity contribution is -0.136. The largest absolute Gasteiger partial charge is 0.481 e. The van der Waals surface area contributed by atoms with Gasteiger partial charge in [-0.3, -0.25) is 4.79 Å². The Hall–Kier alpha value is -2.60. The van der Waals surface area contributed by atoms with Crippen LogP contribution in [0.3, 0.4) is 0 Å². The molecule has 0 radical (unpaired) electrons. The second kappa shape index (κ2) is 6.49. The van der Waals surface area contributed by atoms with Crippen LogP contribution in [0.5, 0.6) is 0 Å². The highest BCUT2D eigenvalue weighted by Crippen LogP contribution is 2.34. The van der Waals surface area contributed by atoms with E-state index in [9.17, 15) is 13.6 Å². The summed E-state index contributed by atoms with van der Waals surface area (Å²) < 4.78 is 26.9. The summed E-state index contributed by atoms with van der Waals surface area (Å²) in [6.07, 6.45) is -0.205. The molecule has 0 unspecified atom stereocenters. The van der Waals surface area contributed by atoms with Gasteiger partial charge in [0.2, 0.25) is 0 Å². The molecule has 6 heteroatoms. The molecule has 0 aliphatic rings. The van der Waals surface area contributed by atoms with Crippen molar-refractivity contribution in [1.82, 2.24) is 4.98 Å². The Kier molecular flexibility index (Phi) is 4.40. The average Bonchev–Trinajstić information content (AvgIpc) is 2.94. The molecule has 2 aromatic carbocycles. The molecule has 3 aromatic rings. The Labute approximate surface area is 141 Å². The van der Waals surface area contributed by atoms with Crippen LogP contribution in [0.1, 0.15) is 10.4 Å². The van der Waals surface area contributed by atoms with Gasteiger partial charge in [0.15, 0.2) is 0 Å². The molecule has 1 N–H and O–H groups in total. The maximum atomic E-state index is 13.9. The summed E-state index contributed by atoms with van der Waals surface area (Å²) in [6, 6.07) is 10.5. The van der Waals surface area contributed by atoms with Crippen molar-refractivity contribution in [2.24, 2.45) is 0 Å². The van der Waals surface area contributed by atoms with Crippen LogP contribution < -0.4 is 0 Å². The van der Waals surface area contributed by atoms with Crippen LogP contribution in [0.15, 0.2) is 42.5 Å². The van der Waals surface area contributed by atoms with Gasteiger partial charge in [0.05, 0.1) is 12.1 Å². The number of nitrogens with zero attached hydrogens (tertiary/aromatic N) is 1. The number of aryl methyl sites for hydroxylation is 1. The minimum Gasteiger partial charge on any atom is -0.481 e. The van der Waals surface area contributed by atoms with Gasteiger partial charge in [-0.1, -0.05) is 12.1 Å². The first kappa shape index (κ1) is 16.3. The molecular formula is C18H13F2NO2S. The molecular weight excluding hydrogens is 332 g/mol. The van der Waals surface area contributed by atoms with Gasteiger partial charge in [0.1, 0.15) is 16.6 Å². The van der Waals surface area contributed by atoms with Gasteiger partial charge in [-0.15, -0.1) is 11.3 Å². The summed E-state index contributed by atoms with van der Waals surface area (Å²) in [5, 5.41) is 9.68. The molecule has 0 saturated heterocycles. The first-order valence-electron chi connectivity index (χ1n) is 7.18. The molecule has 0 fully saturated rings. The maximum Gasteiger partial charge on any atom is 0.308 e. The molecule has 0 bridgehead atoms. The number of aromatic nitrogens is 1. The molecule has 0 spiro atoms. The number of carbonyl (C=O) groups is 1. The van der Waals surface area contributed by atoms with E-state index in [1.165, 1.54) is 29.5 Å². The van der Waals surface area contributed by atoms with Crippen LogP contribution >= 0.6 is 11.3 Å². The van der Waals surface area contributed by atoms with Crippen molar-refractivity contribution in [3.8, 4) is 21.8 Å². The summed E-state index contributed by atoms with van der Waals surface area (Å²) in [7, 11) is 0. The summed E-state index contributed by atoms with van der Waals surface area (Å²) >= 11 is 1.21. The van der Waals surface area contributed by atoms with Gasteiger partial charge in [0.25, 0.3) is 0 Å². The number of carboxylic acids is 1. The lowest BCUT2D eigenvalue weighted by atomic mass is 10.1. The van der Waals surface area contributed by atoms with Crippen LogP contribution in [0.2, 0.25) is 0 Å². The van der Waals surface area contributed by atoms with Gasteiger partial charge in [-0.25, -0.2) is 13.8 Å². The number of benzene rings is 2. The van der Waals surface area contributed by atoms with E-state index >= 15 is 0 Å². The third-order valence-electron chi connectivity index (χ3n) is 3.55. The fourth-order valence-electron chi connectivity index (χ4n) is 2.29. The van der Waals surface area contributed by atoms with Crippen LogP contribution in [-0.2, 0) is 11.2 Å². The summed E-state index contributed by atoms with van der Waals surface area (Å²) in [6.45, 7) is 1.66. The average molecular weight is 345 g/mol. The zero-order chi connectivity index (χ0) is 17.3. The van der Waals surface area contributed by atoms with E-state index < -0.39 is 5.97 Å². The standard InChI is InChI=1S/C18H13F2NO2S/c1-10-2-3-12(8-14(10)20)17-15(9-16(22)23)24-18(21-17)11-4-6-13(19)7-5-11/h2-8H,9H2,1H3,(H,22,23). The Morgan fingerprint density at radius 3 is 2.42 bits per heavy atom. The van der Waals surface area contributed by atoms with E-state index in [4.69, 9.17) is 5.11 Å². The number of hydrogen-bond acceptors (Lipinski definition) is 3. The molecule has 1 aromatic heterocycles. The highest BCUT2D eigenvalue weighted by molar-refractivity contribution is 7.15. The fraction of sp³-hybridized carbons (Fsp3) is 0.111. The van der Waals surface area contributed by atoms with Crippen LogP contribution in [0.25, 0.3) is 21.8 Å². The summed E-state index contributed by atoms with van der Waals surface area (Å²) in [5.74, 6) is -1.72. The second-order valence-corrected chi connectivity index (χ2v) is 6.42. The normalized spacial score (nSPS) is 10.8. The molecule has 122 valence electrons. The molecule has 3 rings (SSSR count). The maximum absolute atomic E-state index is 13.9. The van der Waals surface area contributed by atoms with E-state index in [1.54, 1.807) is 31.2 Å². The quantitative estimate of drug-likeness (QED) is 0.746. The number of hydrogen-bond donors (Lipinski definition) is 1. The Bertz CT molecular complexity index is 904. The highest BCUT2D eigenvalue weighted by Gasteiger charge is 2.17. The molecule has 0 atom stereocenters. The third-order valence-corrected chi connectivity index (χ3v) is 4.65. The second-order valence-electron chi connectivity index (χ2n) is 5.33. The van der Waals surface area contributed by atoms with Crippen molar-refractivity contribution >= 4 is 17.3 Å². The first-order chi connectivity index (χ1) is 11.4. The van der Waals surface area contributed by atoms with E-state index in [2.05, 4.69) is 4.98 Å². The smallest absolute Gasteiger partial charge is 0.308 e. The first-order valence-corrected chi connectivity index (χ1v) is 7.99. The van der Waals surface area contributed by atoms with Crippen molar-refractivity contribution in [3.63, 3.8) is 0 Å². The molecule has 1 heterocycles. The Balaban J connectivity index is 2.11. The van der Waals surface area contributed by atoms with Crippen LogP contribution in [0.4, 0.5) is 8.78 Å². The predicted octanol–water partition coefficient (Wildman–Crippen LogP) is 4.69. The Morgan fingerprint density at radius 1 is 1.12 bits per heavy atom. The molecule has 0 aliphatic heterocycles. The van der Waals surface area contributed by atoms with E-state index in [0.717, 1.165) is 0 Å². The van der Waals surface area contributed by atoms with Crippen molar-refractivity contribution < 1.29 is 18.7 Å². The van der Waals surface area contributed by atoms with Crippen LogP contribution in [0, 0.1) is 18.6 Å². The van der Waals surface area contributed by atoms with Crippen molar-refractivity contribution in [2.45, 2.75) is 13.3 Å². The third kappa shape index (κ3) is 3.33. The van der Waals surface area contributed by atoms with Gasteiger partial charge in [-0.05, 0) is 42.8 Å². The fourth-order valence-corrected chi connectivity index (χ4v) is 3.37. The minimum absolute atomic E-state index is 0.205. The van der Waals surface area contributed by atoms with E-state index in [-0.39, 0.29) is 18.1 Å². The van der Waals surface area contributed by atoms with Crippen molar-refractivity contribution in [1.29, 1.82) is 0 Å². The molecule has 24 heavy (non-hydrogen) atoms.